The molecule has 0 amide bonds. The van der Waals surface area contributed by atoms with Crippen molar-refractivity contribution in [2.24, 2.45) is 23.0 Å². The first-order valence-corrected chi connectivity index (χ1v) is 7.54. The van der Waals surface area contributed by atoms with E-state index in [1.165, 1.54) is 51.6 Å². The predicted octanol–water partition coefficient (Wildman–Crippen LogP) is 3.17. The van der Waals surface area contributed by atoms with Gasteiger partial charge in [0.05, 0.1) is 0 Å². The van der Waals surface area contributed by atoms with Gasteiger partial charge in [0.2, 0.25) is 0 Å². The first-order chi connectivity index (χ1) is 8.13. The summed E-state index contributed by atoms with van der Waals surface area (Å²) in [5.41, 5.74) is 6.35. The molecule has 0 aromatic carbocycles. The van der Waals surface area contributed by atoms with Crippen molar-refractivity contribution in [3.8, 4) is 0 Å². The summed E-state index contributed by atoms with van der Waals surface area (Å²) in [4.78, 5) is 0. The molecule has 1 aliphatic carbocycles. The summed E-state index contributed by atoms with van der Waals surface area (Å²) < 4.78 is 0. The van der Waals surface area contributed by atoms with Gasteiger partial charge in [0.15, 0.2) is 0 Å². The van der Waals surface area contributed by atoms with E-state index < -0.39 is 0 Å². The van der Waals surface area contributed by atoms with Gasteiger partial charge in [-0.25, -0.2) is 0 Å². The van der Waals surface area contributed by atoms with Crippen LogP contribution in [0.2, 0.25) is 0 Å². The number of hydrogen-bond donors (Lipinski definition) is 2. The fourth-order valence-electron chi connectivity index (χ4n) is 2.70. The molecule has 102 valence electrons. The summed E-state index contributed by atoms with van der Waals surface area (Å²) in [6.07, 6.45) is 8.07. The minimum absolute atomic E-state index is 0.689. The van der Waals surface area contributed by atoms with Gasteiger partial charge in [-0.2, -0.15) is 0 Å². The molecule has 0 aliphatic heterocycles. The molecule has 3 N–H and O–H groups in total. The Labute approximate surface area is 108 Å². The fraction of sp³-hybridized carbons (Fsp3) is 1.00. The van der Waals surface area contributed by atoms with Crippen LogP contribution in [0.4, 0.5) is 0 Å². The molecule has 1 atom stereocenters. The van der Waals surface area contributed by atoms with Crippen molar-refractivity contribution < 1.29 is 0 Å². The molecule has 0 saturated heterocycles. The molecular formula is C15H32N2. The van der Waals surface area contributed by atoms with Crippen molar-refractivity contribution in [2.45, 2.75) is 59.3 Å². The maximum absolute atomic E-state index is 5.67. The smallest absolute Gasteiger partial charge is 0.000771 e. The maximum Gasteiger partial charge on any atom is 0.000771 e. The molecule has 1 rings (SSSR count). The van der Waals surface area contributed by atoms with Gasteiger partial charge in [-0.1, -0.05) is 20.8 Å². The van der Waals surface area contributed by atoms with E-state index in [1.54, 1.807) is 0 Å². The van der Waals surface area contributed by atoms with Gasteiger partial charge in [-0.15, -0.1) is 0 Å². The van der Waals surface area contributed by atoms with Crippen molar-refractivity contribution in [1.82, 2.24) is 5.32 Å². The molecule has 1 saturated carbocycles. The third kappa shape index (κ3) is 5.39. The van der Waals surface area contributed by atoms with Gasteiger partial charge in [0.1, 0.15) is 0 Å². The van der Waals surface area contributed by atoms with Gasteiger partial charge in [0.25, 0.3) is 0 Å². The average molecular weight is 240 g/mol. The average Bonchev–Trinajstić information content (AvgIpc) is 3.07. The highest BCUT2D eigenvalue weighted by atomic mass is 14.9. The molecule has 17 heavy (non-hydrogen) atoms. The summed E-state index contributed by atoms with van der Waals surface area (Å²) in [6.45, 7) is 10.2. The molecule has 0 aromatic heterocycles. The highest BCUT2D eigenvalue weighted by Crippen LogP contribution is 2.47. The van der Waals surface area contributed by atoms with Crippen LogP contribution in [-0.4, -0.2) is 19.6 Å². The van der Waals surface area contributed by atoms with Gasteiger partial charge < -0.3 is 11.1 Å². The van der Waals surface area contributed by atoms with Crippen molar-refractivity contribution in [1.29, 1.82) is 0 Å². The quantitative estimate of drug-likeness (QED) is 0.576. The molecule has 0 bridgehead atoms. The van der Waals surface area contributed by atoms with Crippen LogP contribution < -0.4 is 11.1 Å². The third-order valence-corrected chi connectivity index (χ3v) is 4.62. The molecule has 0 aromatic rings. The summed E-state index contributed by atoms with van der Waals surface area (Å²) in [7, 11) is 0. The normalized spacial score (nSPS) is 19.6. The lowest BCUT2D eigenvalue weighted by atomic mass is 9.88. The Bertz CT molecular complexity index is 197. The van der Waals surface area contributed by atoms with Gasteiger partial charge in [-0.3, -0.25) is 0 Å². The largest absolute Gasteiger partial charge is 0.330 e. The highest BCUT2D eigenvalue weighted by Gasteiger charge is 2.39. The Morgan fingerprint density at radius 3 is 2.41 bits per heavy atom. The second-order valence-electron chi connectivity index (χ2n) is 6.25. The van der Waals surface area contributed by atoms with Crippen LogP contribution in [0.3, 0.4) is 0 Å². The number of hydrogen-bond acceptors (Lipinski definition) is 2. The zero-order valence-corrected chi connectivity index (χ0v) is 12.1. The van der Waals surface area contributed by atoms with E-state index in [9.17, 15) is 0 Å². The molecule has 1 aliphatic rings. The van der Waals surface area contributed by atoms with Crippen molar-refractivity contribution >= 4 is 0 Å². The molecular weight excluding hydrogens is 208 g/mol. The zero-order valence-electron chi connectivity index (χ0n) is 12.1. The lowest BCUT2D eigenvalue weighted by Crippen LogP contribution is -2.25. The van der Waals surface area contributed by atoms with Gasteiger partial charge >= 0.3 is 0 Å². The minimum atomic E-state index is 0.689. The molecule has 0 heterocycles. The zero-order chi connectivity index (χ0) is 12.7. The van der Waals surface area contributed by atoms with Crippen LogP contribution in [0.1, 0.15) is 59.3 Å². The highest BCUT2D eigenvalue weighted by molar-refractivity contribution is 4.93. The fourth-order valence-corrected chi connectivity index (χ4v) is 2.70. The Hall–Kier alpha value is -0.0800. The Balaban J connectivity index is 2.02. The maximum atomic E-state index is 5.67. The standard InChI is InChI=1S/C15H32N2/c1-4-15(8-9-15)12-17-11-5-6-14(7-10-16)13(2)3/h13-14,17H,4-12,16H2,1-3H3. The molecule has 1 fully saturated rings. The van der Waals surface area contributed by atoms with Crippen LogP contribution in [-0.2, 0) is 0 Å². The summed E-state index contributed by atoms with van der Waals surface area (Å²) >= 11 is 0. The van der Waals surface area contributed by atoms with Crippen LogP contribution in [0.25, 0.3) is 0 Å². The first-order valence-electron chi connectivity index (χ1n) is 7.54. The SMILES string of the molecule is CCC1(CNCCCC(CCN)C(C)C)CC1. The number of rotatable bonds is 10. The summed E-state index contributed by atoms with van der Waals surface area (Å²) in [5, 5.41) is 3.64. The monoisotopic (exact) mass is 240 g/mol. The van der Waals surface area contributed by atoms with Gasteiger partial charge in [0, 0.05) is 6.54 Å². The Kier molecular flexibility index (Phi) is 6.50. The third-order valence-electron chi connectivity index (χ3n) is 4.62. The Morgan fingerprint density at radius 2 is 1.94 bits per heavy atom. The second kappa shape index (κ2) is 7.38. The molecule has 0 radical (unpaired) electrons. The van der Waals surface area contributed by atoms with Crippen LogP contribution in [0.15, 0.2) is 0 Å². The van der Waals surface area contributed by atoms with E-state index in [-0.39, 0.29) is 0 Å². The van der Waals surface area contributed by atoms with E-state index in [0.29, 0.717) is 5.41 Å². The minimum Gasteiger partial charge on any atom is -0.330 e. The lowest BCUT2D eigenvalue weighted by molar-refractivity contribution is 0.327. The molecule has 2 nitrogen and oxygen atoms in total. The van der Waals surface area contributed by atoms with E-state index in [0.717, 1.165) is 18.4 Å². The van der Waals surface area contributed by atoms with Crippen LogP contribution in [0.5, 0.6) is 0 Å². The van der Waals surface area contributed by atoms with E-state index in [4.69, 9.17) is 5.73 Å². The summed E-state index contributed by atoms with van der Waals surface area (Å²) in [6, 6.07) is 0. The Morgan fingerprint density at radius 1 is 1.24 bits per heavy atom. The van der Waals surface area contributed by atoms with Crippen LogP contribution >= 0.6 is 0 Å². The van der Waals surface area contributed by atoms with E-state index in [2.05, 4.69) is 26.1 Å². The van der Waals surface area contributed by atoms with Crippen LogP contribution in [0, 0.1) is 17.3 Å². The van der Waals surface area contributed by atoms with Crippen molar-refractivity contribution in [3.63, 3.8) is 0 Å². The second-order valence-corrected chi connectivity index (χ2v) is 6.25. The number of nitrogens with one attached hydrogen (secondary N) is 1. The molecule has 1 unspecified atom stereocenters. The van der Waals surface area contributed by atoms with E-state index in [1.807, 2.05) is 0 Å². The molecule has 2 heteroatoms. The number of nitrogens with two attached hydrogens (primary N) is 1. The topological polar surface area (TPSA) is 38.0 Å². The first kappa shape index (κ1) is 15.0. The van der Waals surface area contributed by atoms with Crippen molar-refractivity contribution in [3.05, 3.63) is 0 Å². The van der Waals surface area contributed by atoms with Crippen molar-refractivity contribution in [2.75, 3.05) is 19.6 Å². The summed E-state index contributed by atoms with van der Waals surface area (Å²) in [5.74, 6) is 1.60. The lowest BCUT2D eigenvalue weighted by Gasteiger charge is -2.20. The predicted molar refractivity (Wildman–Crippen MR) is 76.1 cm³/mol. The molecule has 0 spiro atoms. The van der Waals surface area contributed by atoms with Gasteiger partial charge in [-0.05, 0) is 68.9 Å². The van der Waals surface area contributed by atoms with E-state index >= 15 is 0 Å².